The maximum atomic E-state index is 15.4. The summed E-state index contributed by atoms with van der Waals surface area (Å²) in [6, 6.07) is 68.3. The summed E-state index contributed by atoms with van der Waals surface area (Å²) in [7, 11) is 0. The van der Waals surface area contributed by atoms with Crippen molar-refractivity contribution in [2.45, 2.75) is 31.7 Å². The maximum Gasteiger partial charge on any atom is 0.416 e. The zero-order valence-electron chi connectivity index (χ0n) is 43.8. The number of rotatable bonds is 6. The van der Waals surface area contributed by atoms with Crippen LogP contribution in [0.4, 0.5) is 26.3 Å². The second-order valence-corrected chi connectivity index (χ2v) is 21.7. The SMILES string of the molecule is CC(C)(c1c(-n2c3ccccc3c3c4oc5ccccc5c4ccc32)c(-c2cccc(C(F)(F)F)c2)cc(-c2cccc(C(F)(F)F)c2)c1-n1c2ccccc2c2c3oc4ccccc4c3ccc21)n1c2ccccc2c2ccccc21. The fraction of sp³-hybridized carbons (Fsp3) is 0.0704. The Morgan fingerprint density at radius 1 is 0.329 bits per heavy atom. The van der Waals surface area contributed by atoms with E-state index >= 15 is 26.3 Å². The quantitative estimate of drug-likeness (QED) is 0.156. The van der Waals surface area contributed by atoms with Gasteiger partial charge in [0.1, 0.15) is 22.3 Å². The van der Waals surface area contributed by atoms with Gasteiger partial charge in [0, 0.05) is 70.8 Å². The van der Waals surface area contributed by atoms with Crippen LogP contribution in [-0.4, -0.2) is 13.7 Å². The molecule has 11 aromatic carbocycles. The van der Waals surface area contributed by atoms with Gasteiger partial charge in [0.05, 0.1) is 60.9 Å². The molecule has 82 heavy (non-hydrogen) atoms. The summed E-state index contributed by atoms with van der Waals surface area (Å²) in [6.45, 7) is 4.22. The number of fused-ring (bicyclic) bond motifs is 17. The van der Waals surface area contributed by atoms with Gasteiger partial charge in [-0.05, 0) is 116 Å². The van der Waals surface area contributed by atoms with Crippen LogP contribution >= 0.6 is 0 Å². The van der Waals surface area contributed by atoms with E-state index in [1.165, 1.54) is 12.1 Å². The summed E-state index contributed by atoms with van der Waals surface area (Å²) in [5, 5.41) is 8.77. The predicted octanol–water partition coefficient (Wildman–Crippen LogP) is 20.9. The number of furan rings is 2. The van der Waals surface area contributed by atoms with E-state index in [2.05, 4.69) is 51.8 Å². The molecule has 0 N–H and O–H groups in total. The largest absolute Gasteiger partial charge is 0.455 e. The highest BCUT2D eigenvalue weighted by atomic mass is 19.4. The van der Waals surface area contributed by atoms with Crippen LogP contribution in [-0.2, 0) is 17.9 Å². The Morgan fingerprint density at radius 2 is 0.707 bits per heavy atom. The number of benzene rings is 11. The third-order valence-corrected chi connectivity index (χ3v) is 16.8. The van der Waals surface area contributed by atoms with E-state index in [1.54, 1.807) is 12.1 Å². The van der Waals surface area contributed by atoms with E-state index in [1.807, 2.05) is 152 Å². The molecule has 0 radical (unpaired) electrons. The molecule has 0 aliphatic heterocycles. The molecule has 0 aliphatic rings. The van der Waals surface area contributed by atoms with Crippen molar-refractivity contribution in [3.8, 4) is 33.6 Å². The molecule has 0 saturated carbocycles. The summed E-state index contributed by atoms with van der Waals surface area (Å²) < 4.78 is 112. The van der Waals surface area contributed by atoms with Gasteiger partial charge in [-0.1, -0.05) is 133 Å². The minimum absolute atomic E-state index is 0.200. The molecule has 5 aromatic heterocycles. The third-order valence-electron chi connectivity index (χ3n) is 16.8. The predicted molar refractivity (Wildman–Crippen MR) is 318 cm³/mol. The van der Waals surface area contributed by atoms with Gasteiger partial charge in [-0.3, -0.25) is 0 Å². The Labute approximate surface area is 462 Å². The normalized spacial score (nSPS) is 12.9. The average Bonchev–Trinajstić information content (AvgIpc) is 2.12. The number of hydrogen-bond acceptors (Lipinski definition) is 2. The molecule has 5 nitrogen and oxygen atoms in total. The standard InChI is InChI=1S/C71H43F6N3O2/c1-69(2,80-56-29-11-3-21-44(56)45-22-4-12-30-57(45)80)64-65(78-54-27-9-5-25-50(54)62-58(78)35-33-48-46-23-7-13-31-60(46)81-67(48)62)52(40-17-15-19-42(37-40)70(72,73)74)39-53(41-18-16-20-43(38-41)71(75,76)77)66(64)79-55-28-10-6-26-51(55)63-59(79)36-34-49-47-24-8-14-32-61(47)82-68(49)63/h3-39H,1-2H3. The van der Waals surface area contributed by atoms with Crippen LogP contribution in [0.25, 0.3) is 143 Å². The number of hydrogen-bond donors (Lipinski definition) is 0. The highest BCUT2D eigenvalue weighted by Crippen LogP contribution is 2.54. The first-order chi connectivity index (χ1) is 39.7. The van der Waals surface area contributed by atoms with Crippen molar-refractivity contribution in [2.75, 3.05) is 0 Å². The fourth-order valence-electron chi connectivity index (χ4n) is 13.5. The number of aromatic nitrogens is 3. The van der Waals surface area contributed by atoms with Gasteiger partial charge in [0.2, 0.25) is 0 Å². The first-order valence-electron chi connectivity index (χ1n) is 27.0. The Hall–Kier alpha value is -10.0. The van der Waals surface area contributed by atoms with E-state index in [0.717, 1.165) is 100 Å². The molecule has 0 atom stereocenters. The van der Waals surface area contributed by atoms with Gasteiger partial charge in [-0.2, -0.15) is 26.3 Å². The third kappa shape index (κ3) is 6.76. The zero-order chi connectivity index (χ0) is 55.6. The van der Waals surface area contributed by atoms with Gasteiger partial charge in [-0.25, -0.2) is 0 Å². The van der Waals surface area contributed by atoms with Gasteiger partial charge in [0.25, 0.3) is 0 Å². The molecular formula is C71H43F6N3O2. The molecule has 0 aliphatic carbocycles. The lowest BCUT2D eigenvalue weighted by Gasteiger charge is -2.37. The number of halogens is 6. The first-order valence-corrected chi connectivity index (χ1v) is 27.0. The van der Waals surface area contributed by atoms with Crippen molar-refractivity contribution < 1.29 is 35.2 Å². The molecule has 0 bridgehead atoms. The van der Waals surface area contributed by atoms with Crippen LogP contribution in [0.2, 0.25) is 0 Å². The second kappa shape index (κ2) is 17.0. The van der Waals surface area contributed by atoms with Gasteiger partial charge in [0.15, 0.2) is 0 Å². The smallest absolute Gasteiger partial charge is 0.416 e. The molecule has 0 spiro atoms. The van der Waals surface area contributed by atoms with Crippen LogP contribution in [0.1, 0.15) is 30.5 Å². The van der Waals surface area contributed by atoms with Crippen molar-refractivity contribution in [3.63, 3.8) is 0 Å². The van der Waals surface area contributed by atoms with Crippen molar-refractivity contribution in [1.82, 2.24) is 13.7 Å². The highest BCUT2D eigenvalue weighted by Gasteiger charge is 2.40. The van der Waals surface area contributed by atoms with E-state index in [9.17, 15) is 0 Å². The lowest BCUT2D eigenvalue weighted by atomic mass is 9.82. The highest BCUT2D eigenvalue weighted by molar-refractivity contribution is 6.26. The minimum atomic E-state index is -4.75. The summed E-state index contributed by atoms with van der Waals surface area (Å²) in [6.07, 6.45) is -9.51. The summed E-state index contributed by atoms with van der Waals surface area (Å²) >= 11 is 0. The van der Waals surface area contributed by atoms with E-state index < -0.39 is 29.0 Å². The average molecular weight is 1080 g/mol. The van der Waals surface area contributed by atoms with Crippen molar-refractivity contribution in [2.24, 2.45) is 0 Å². The summed E-state index contributed by atoms with van der Waals surface area (Å²) in [4.78, 5) is 0. The van der Waals surface area contributed by atoms with Crippen LogP contribution in [0.3, 0.4) is 0 Å². The van der Waals surface area contributed by atoms with E-state index in [-0.39, 0.29) is 11.1 Å². The van der Waals surface area contributed by atoms with E-state index in [0.29, 0.717) is 61.4 Å². The van der Waals surface area contributed by atoms with Gasteiger partial charge in [-0.15, -0.1) is 0 Å². The molecule has 16 aromatic rings. The molecular weight excluding hydrogens is 1040 g/mol. The van der Waals surface area contributed by atoms with Crippen molar-refractivity contribution in [1.29, 1.82) is 0 Å². The Kier molecular flexibility index (Phi) is 9.95. The summed E-state index contributed by atoms with van der Waals surface area (Å²) in [5.74, 6) is 0. The molecule has 5 heterocycles. The monoisotopic (exact) mass is 1080 g/mol. The second-order valence-electron chi connectivity index (χ2n) is 21.7. The zero-order valence-corrected chi connectivity index (χ0v) is 43.8. The molecule has 11 heteroatoms. The molecule has 16 rings (SSSR count). The Bertz CT molecular complexity index is 5050. The molecule has 396 valence electrons. The lowest BCUT2D eigenvalue weighted by Crippen LogP contribution is -2.31. The maximum absolute atomic E-state index is 15.4. The summed E-state index contributed by atoms with van der Waals surface area (Å²) in [5.41, 5.74) is 6.92. The van der Waals surface area contributed by atoms with E-state index in [4.69, 9.17) is 8.83 Å². The Balaban J connectivity index is 1.20. The number of para-hydroxylation sites is 6. The van der Waals surface area contributed by atoms with Gasteiger partial charge >= 0.3 is 12.4 Å². The number of nitrogens with zero attached hydrogens (tertiary/aromatic N) is 3. The van der Waals surface area contributed by atoms with Crippen molar-refractivity contribution >= 4 is 109 Å². The molecule has 0 unspecified atom stereocenters. The fourth-order valence-corrected chi connectivity index (χ4v) is 13.5. The van der Waals surface area contributed by atoms with Gasteiger partial charge < -0.3 is 22.5 Å². The molecule has 0 saturated heterocycles. The lowest BCUT2D eigenvalue weighted by molar-refractivity contribution is -0.138. The number of alkyl halides is 6. The van der Waals surface area contributed by atoms with Crippen LogP contribution in [0, 0.1) is 0 Å². The first kappa shape index (κ1) is 48.0. The minimum Gasteiger partial charge on any atom is -0.455 e. The van der Waals surface area contributed by atoms with Crippen molar-refractivity contribution in [3.05, 3.63) is 241 Å². The van der Waals surface area contributed by atoms with Crippen LogP contribution < -0.4 is 0 Å². The Morgan fingerprint density at radius 3 is 1.13 bits per heavy atom. The van der Waals surface area contributed by atoms with Crippen LogP contribution in [0.5, 0.6) is 0 Å². The molecule has 0 fully saturated rings. The topological polar surface area (TPSA) is 41.1 Å². The molecule has 0 amide bonds. The van der Waals surface area contributed by atoms with Crippen LogP contribution in [0.15, 0.2) is 233 Å².